The molecule has 1 rings (SSSR count). The summed E-state index contributed by atoms with van der Waals surface area (Å²) in [6, 6.07) is 5.22. The van der Waals surface area contributed by atoms with E-state index in [0.29, 0.717) is 11.3 Å². The third-order valence-corrected chi connectivity index (χ3v) is 2.97. The van der Waals surface area contributed by atoms with Crippen LogP contribution in [-0.2, 0) is 4.79 Å². The Morgan fingerprint density at radius 1 is 1.41 bits per heavy atom. The normalized spacial score (nSPS) is 13.3. The van der Waals surface area contributed by atoms with Crippen molar-refractivity contribution in [3.05, 3.63) is 28.2 Å². The number of methoxy groups -OCH3 is 1. The maximum Gasteiger partial charge on any atom is 0.171 e. The van der Waals surface area contributed by atoms with E-state index in [-0.39, 0.29) is 5.78 Å². The van der Waals surface area contributed by atoms with Crippen molar-refractivity contribution < 1.29 is 14.6 Å². The van der Waals surface area contributed by atoms with Gasteiger partial charge in [-0.2, -0.15) is 0 Å². The van der Waals surface area contributed by atoms with Gasteiger partial charge in [-0.15, -0.1) is 0 Å². The summed E-state index contributed by atoms with van der Waals surface area (Å²) >= 11 is 3.32. The van der Waals surface area contributed by atoms with E-state index in [1.54, 1.807) is 39.0 Å². The van der Waals surface area contributed by atoms with E-state index in [1.165, 1.54) is 7.11 Å². The number of ether oxygens (including phenoxy) is 1. The van der Waals surface area contributed by atoms with Crippen LogP contribution in [0.25, 0.3) is 0 Å². The van der Waals surface area contributed by atoms with Crippen molar-refractivity contribution in [3.8, 4) is 5.75 Å². The molecule has 17 heavy (non-hydrogen) atoms. The first-order valence-electron chi connectivity index (χ1n) is 5.33. The third-order valence-electron chi connectivity index (χ3n) is 2.47. The Balaban J connectivity index is 3.15. The summed E-state index contributed by atoms with van der Waals surface area (Å²) in [6.45, 7) is 5.34. The lowest BCUT2D eigenvalue weighted by Crippen LogP contribution is -2.27. The van der Waals surface area contributed by atoms with Crippen molar-refractivity contribution in [3.63, 3.8) is 0 Å². The van der Waals surface area contributed by atoms with Gasteiger partial charge < -0.3 is 9.84 Å². The molecule has 0 aliphatic carbocycles. The molecule has 0 aliphatic rings. The van der Waals surface area contributed by atoms with Crippen LogP contribution in [0, 0.1) is 5.41 Å². The lowest BCUT2D eigenvalue weighted by molar-refractivity contribution is -0.135. The molecular weight excluding hydrogens is 284 g/mol. The molecule has 0 heterocycles. The minimum atomic E-state index is -1.16. The first kappa shape index (κ1) is 14.2. The van der Waals surface area contributed by atoms with Gasteiger partial charge in [0.2, 0.25) is 0 Å². The first-order chi connectivity index (χ1) is 7.77. The van der Waals surface area contributed by atoms with Gasteiger partial charge in [-0.25, -0.2) is 0 Å². The van der Waals surface area contributed by atoms with E-state index in [1.807, 2.05) is 0 Å². The predicted molar refractivity (Wildman–Crippen MR) is 70.1 cm³/mol. The Kier molecular flexibility index (Phi) is 4.33. The Labute approximate surface area is 110 Å². The smallest absolute Gasteiger partial charge is 0.171 e. The van der Waals surface area contributed by atoms with Crippen molar-refractivity contribution in [1.82, 2.24) is 0 Å². The van der Waals surface area contributed by atoms with Gasteiger partial charge in [-0.1, -0.05) is 36.7 Å². The average molecular weight is 301 g/mol. The van der Waals surface area contributed by atoms with E-state index in [4.69, 9.17) is 4.74 Å². The summed E-state index contributed by atoms with van der Waals surface area (Å²) in [6.07, 6.45) is -1.16. The summed E-state index contributed by atoms with van der Waals surface area (Å²) < 4.78 is 5.95. The van der Waals surface area contributed by atoms with Gasteiger partial charge in [0.1, 0.15) is 11.9 Å². The number of aliphatic hydroxyl groups is 1. The summed E-state index contributed by atoms with van der Waals surface area (Å²) in [5.74, 6) is 0.284. The van der Waals surface area contributed by atoms with E-state index in [0.717, 1.165) is 4.47 Å². The Morgan fingerprint density at radius 2 is 2.00 bits per heavy atom. The highest BCUT2D eigenvalue weighted by atomic mass is 79.9. The summed E-state index contributed by atoms with van der Waals surface area (Å²) in [4.78, 5) is 12.0. The second-order valence-corrected chi connectivity index (χ2v) is 5.82. The Bertz CT molecular complexity index is 421. The monoisotopic (exact) mass is 300 g/mol. The van der Waals surface area contributed by atoms with Gasteiger partial charge in [0.15, 0.2) is 5.78 Å². The first-order valence-corrected chi connectivity index (χ1v) is 6.12. The van der Waals surface area contributed by atoms with Crippen molar-refractivity contribution >= 4 is 21.7 Å². The Morgan fingerprint density at radius 3 is 2.47 bits per heavy atom. The third kappa shape index (κ3) is 3.30. The SMILES string of the molecule is COc1ccc(Br)cc1C(O)C(=O)C(C)(C)C. The number of ketones is 1. The minimum absolute atomic E-state index is 0.228. The molecule has 1 unspecified atom stereocenters. The fraction of sp³-hybridized carbons (Fsp3) is 0.462. The maximum atomic E-state index is 12.0. The van der Waals surface area contributed by atoms with Gasteiger partial charge in [0, 0.05) is 15.5 Å². The van der Waals surface area contributed by atoms with Crippen LogP contribution in [0.2, 0.25) is 0 Å². The van der Waals surface area contributed by atoms with Gasteiger partial charge in [0.25, 0.3) is 0 Å². The highest BCUT2D eigenvalue weighted by molar-refractivity contribution is 9.10. The van der Waals surface area contributed by atoms with Crippen molar-refractivity contribution in [1.29, 1.82) is 0 Å². The second kappa shape index (κ2) is 5.19. The summed E-state index contributed by atoms with van der Waals surface area (Å²) in [5, 5.41) is 10.1. The summed E-state index contributed by atoms with van der Waals surface area (Å²) in [7, 11) is 1.51. The molecule has 0 saturated carbocycles. The number of hydrogen-bond donors (Lipinski definition) is 1. The van der Waals surface area contributed by atoms with Crippen LogP contribution < -0.4 is 4.74 Å². The molecule has 94 valence electrons. The lowest BCUT2D eigenvalue weighted by atomic mass is 9.85. The van der Waals surface area contributed by atoms with E-state index in [9.17, 15) is 9.90 Å². The standard InChI is InChI=1S/C13H17BrO3/c1-13(2,3)12(16)11(15)9-7-8(14)5-6-10(9)17-4/h5-7,11,15H,1-4H3. The molecule has 0 aromatic heterocycles. The van der Waals surface area contributed by atoms with Crippen molar-refractivity contribution in [2.45, 2.75) is 26.9 Å². The topological polar surface area (TPSA) is 46.5 Å². The van der Waals surface area contributed by atoms with Crippen LogP contribution in [0.15, 0.2) is 22.7 Å². The van der Waals surface area contributed by atoms with Gasteiger partial charge >= 0.3 is 0 Å². The number of rotatable bonds is 3. The van der Waals surface area contributed by atoms with Crippen LogP contribution >= 0.6 is 15.9 Å². The van der Waals surface area contributed by atoms with Gasteiger partial charge in [0.05, 0.1) is 7.11 Å². The molecule has 1 N–H and O–H groups in total. The number of benzene rings is 1. The Hall–Kier alpha value is -0.870. The fourth-order valence-electron chi connectivity index (χ4n) is 1.47. The molecule has 0 fully saturated rings. The van der Waals surface area contributed by atoms with E-state index < -0.39 is 11.5 Å². The molecule has 0 aliphatic heterocycles. The summed E-state index contributed by atoms with van der Waals surface area (Å²) in [5.41, 5.74) is -0.103. The number of carbonyl (C=O) groups is 1. The average Bonchev–Trinajstić information content (AvgIpc) is 2.25. The molecular formula is C13H17BrO3. The maximum absolute atomic E-state index is 12.0. The molecule has 1 aromatic rings. The fourth-order valence-corrected chi connectivity index (χ4v) is 1.85. The predicted octanol–water partition coefficient (Wildman–Crippen LogP) is 3.11. The quantitative estimate of drug-likeness (QED) is 0.933. The number of halogens is 1. The lowest BCUT2D eigenvalue weighted by Gasteiger charge is -2.22. The number of aliphatic hydroxyl groups excluding tert-OH is 1. The highest BCUT2D eigenvalue weighted by Gasteiger charge is 2.31. The van der Waals surface area contributed by atoms with Crippen LogP contribution in [0.4, 0.5) is 0 Å². The van der Waals surface area contributed by atoms with Crippen LogP contribution in [0.3, 0.4) is 0 Å². The zero-order valence-electron chi connectivity index (χ0n) is 10.5. The molecule has 4 heteroatoms. The molecule has 0 bridgehead atoms. The minimum Gasteiger partial charge on any atom is -0.496 e. The number of Topliss-reactive ketones (excluding diaryl/α,β-unsaturated/α-hetero) is 1. The highest BCUT2D eigenvalue weighted by Crippen LogP contribution is 2.32. The molecule has 3 nitrogen and oxygen atoms in total. The van der Waals surface area contributed by atoms with E-state index >= 15 is 0 Å². The zero-order chi connectivity index (χ0) is 13.2. The number of hydrogen-bond acceptors (Lipinski definition) is 3. The molecule has 1 aromatic carbocycles. The van der Waals surface area contributed by atoms with Crippen LogP contribution in [-0.4, -0.2) is 18.0 Å². The molecule has 1 atom stereocenters. The van der Waals surface area contributed by atoms with Crippen molar-refractivity contribution in [2.24, 2.45) is 5.41 Å². The second-order valence-electron chi connectivity index (χ2n) is 4.90. The zero-order valence-corrected chi connectivity index (χ0v) is 12.0. The van der Waals surface area contributed by atoms with Crippen LogP contribution in [0.5, 0.6) is 5.75 Å². The number of carbonyl (C=O) groups excluding carboxylic acids is 1. The van der Waals surface area contributed by atoms with Crippen LogP contribution in [0.1, 0.15) is 32.4 Å². The molecule has 0 radical (unpaired) electrons. The molecule has 0 spiro atoms. The molecule has 0 amide bonds. The van der Waals surface area contributed by atoms with Gasteiger partial charge in [-0.3, -0.25) is 4.79 Å². The van der Waals surface area contributed by atoms with Gasteiger partial charge in [-0.05, 0) is 18.2 Å². The molecule has 0 saturated heterocycles. The largest absolute Gasteiger partial charge is 0.496 e. The van der Waals surface area contributed by atoms with Crippen molar-refractivity contribution in [2.75, 3.05) is 7.11 Å². The van der Waals surface area contributed by atoms with E-state index in [2.05, 4.69) is 15.9 Å².